The van der Waals surface area contributed by atoms with Gasteiger partial charge in [-0.3, -0.25) is 19.8 Å². The molecule has 0 aliphatic rings. The third kappa shape index (κ3) is 3.09. The summed E-state index contributed by atoms with van der Waals surface area (Å²) in [7, 11) is 0. The molecule has 0 atom stereocenters. The fourth-order valence-electron chi connectivity index (χ4n) is 1.06. The normalized spacial score (nSPS) is 11.9. The first-order valence-electron chi connectivity index (χ1n) is 4.80. The van der Waals surface area contributed by atoms with E-state index in [1.54, 1.807) is 13.0 Å². The second-order valence-corrected chi connectivity index (χ2v) is 2.43. The molecule has 15 heavy (non-hydrogen) atoms. The minimum atomic E-state index is -0.326. The van der Waals surface area contributed by atoms with Crippen LogP contribution in [0, 0.1) is 0 Å². The Bertz CT molecular complexity index is 535. The van der Waals surface area contributed by atoms with Gasteiger partial charge in [0.25, 0.3) is 11.1 Å². The summed E-state index contributed by atoms with van der Waals surface area (Å²) in [4.78, 5) is 22.4. The number of rotatable bonds is 1. The SMILES string of the molecule is C=C/C=c1/c(=O)[nH][nH]c(=O)/c1=C/C.CC. The Morgan fingerprint density at radius 2 is 1.53 bits per heavy atom. The van der Waals surface area contributed by atoms with Gasteiger partial charge < -0.3 is 0 Å². The molecule has 0 amide bonds. The van der Waals surface area contributed by atoms with Crippen LogP contribution in [0.5, 0.6) is 0 Å². The minimum absolute atomic E-state index is 0.310. The Kier molecular flexibility index (Phi) is 5.78. The molecule has 82 valence electrons. The summed E-state index contributed by atoms with van der Waals surface area (Å²) in [5.74, 6) is 0. The Balaban J connectivity index is 0.000000921. The van der Waals surface area contributed by atoms with Gasteiger partial charge in [0.05, 0.1) is 5.22 Å². The molecular formula is C11H16N2O2. The summed E-state index contributed by atoms with van der Waals surface area (Å²) in [6.45, 7) is 9.17. The topological polar surface area (TPSA) is 65.7 Å². The van der Waals surface area contributed by atoms with Crippen molar-refractivity contribution in [1.29, 1.82) is 0 Å². The van der Waals surface area contributed by atoms with Crippen molar-refractivity contribution in [1.82, 2.24) is 10.2 Å². The van der Waals surface area contributed by atoms with Crippen molar-refractivity contribution in [2.45, 2.75) is 20.8 Å². The van der Waals surface area contributed by atoms with E-state index in [0.29, 0.717) is 10.4 Å². The zero-order valence-corrected chi connectivity index (χ0v) is 9.26. The highest BCUT2D eigenvalue weighted by molar-refractivity contribution is 5.36. The van der Waals surface area contributed by atoms with Gasteiger partial charge in [0.1, 0.15) is 0 Å². The summed E-state index contributed by atoms with van der Waals surface area (Å²) in [6, 6.07) is 0. The lowest BCUT2D eigenvalue weighted by Gasteiger charge is -1.86. The van der Waals surface area contributed by atoms with E-state index in [9.17, 15) is 9.59 Å². The molecule has 0 unspecified atom stereocenters. The molecule has 0 saturated carbocycles. The highest BCUT2D eigenvalue weighted by atomic mass is 16.1. The first-order chi connectivity index (χ1) is 7.20. The van der Waals surface area contributed by atoms with Gasteiger partial charge in [-0.05, 0) is 13.0 Å². The molecule has 0 spiro atoms. The number of nitrogens with one attached hydrogen (secondary N) is 2. The summed E-state index contributed by atoms with van der Waals surface area (Å²) < 4.78 is 0. The zero-order chi connectivity index (χ0) is 11.8. The highest BCUT2D eigenvalue weighted by Crippen LogP contribution is 1.58. The Morgan fingerprint density at radius 1 is 1.07 bits per heavy atom. The second-order valence-electron chi connectivity index (χ2n) is 2.43. The van der Waals surface area contributed by atoms with E-state index in [1.807, 2.05) is 13.8 Å². The first kappa shape index (κ1) is 13.2. The molecule has 1 heterocycles. The van der Waals surface area contributed by atoms with Crippen molar-refractivity contribution in [3.8, 4) is 0 Å². The number of aromatic amines is 2. The molecule has 1 rings (SSSR count). The fourth-order valence-corrected chi connectivity index (χ4v) is 1.06. The molecule has 0 aromatic carbocycles. The van der Waals surface area contributed by atoms with Crippen LogP contribution in [0.15, 0.2) is 22.2 Å². The van der Waals surface area contributed by atoms with E-state index in [2.05, 4.69) is 16.8 Å². The van der Waals surface area contributed by atoms with Crippen LogP contribution >= 0.6 is 0 Å². The summed E-state index contributed by atoms with van der Waals surface area (Å²) in [6.07, 6.45) is 4.56. The standard InChI is InChI=1S/C9H10N2O2.C2H6/c1-3-5-7-6(4-2)8(12)10-11-9(7)13;1-2/h3-5H,1H2,2H3,(H,10,12)(H,11,13);1-2H3/b6-4+,7-5+;. The number of hydrogen-bond donors (Lipinski definition) is 2. The predicted molar refractivity (Wildman–Crippen MR) is 63.1 cm³/mol. The number of allylic oxidation sites excluding steroid dienone is 1. The summed E-state index contributed by atoms with van der Waals surface area (Å²) >= 11 is 0. The molecule has 4 nitrogen and oxygen atoms in total. The Hall–Kier alpha value is -1.84. The summed E-state index contributed by atoms with van der Waals surface area (Å²) in [5.41, 5.74) is -0.636. The van der Waals surface area contributed by atoms with Gasteiger partial charge in [-0.2, -0.15) is 0 Å². The number of hydrogen-bond acceptors (Lipinski definition) is 2. The van der Waals surface area contributed by atoms with Crippen LogP contribution in [0.4, 0.5) is 0 Å². The van der Waals surface area contributed by atoms with Crippen molar-refractivity contribution < 1.29 is 0 Å². The van der Waals surface area contributed by atoms with Crippen molar-refractivity contribution in [2.24, 2.45) is 0 Å². The molecule has 1 aromatic rings. The van der Waals surface area contributed by atoms with Crippen LogP contribution in [0.25, 0.3) is 12.2 Å². The zero-order valence-electron chi connectivity index (χ0n) is 9.26. The van der Waals surface area contributed by atoms with Gasteiger partial charge in [0.2, 0.25) is 0 Å². The summed E-state index contributed by atoms with van der Waals surface area (Å²) in [5, 5.41) is 5.17. The fraction of sp³-hybridized carbons (Fsp3) is 0.273. The molecular weight excluding hydrogens is 192 g/mol. The first-order valence-corrected chi connectivity index (χ1v) is 4.80. The molecule has 0 aliphatic carbocycles. The van der Waals surface area contributed by atoms with Gasteiger partial charge in [0, 0.05) is 5.22 Å². The Labute approximate surface area is 87.7 Å². The van der Waals surface area contributed by atoms with E-state index in [1.165, 1.54) is 12.2 Å². The van der Waals surface area contributed by atoms with Crippen molar-refractivity contribution in [3.63, 3.8) is 0 Å². The maximum atomic E-state index is 11.2. The van der Waals surface area contributed by atoms with Gasteiger partial charge in [-0.1, -0.05) is 32.6 Å². The average Bonchev–Trinajstić information content (AvgIpc) is 2.27. The molecule has 1 aromatic heterocycles. The van der Waals surface area contributed by atoms with E-state index in [-0.39, 0.29) is 11.1 Å². The molecule has 0 saturated heterocycles. The number of H-pyrrole nitrogens is 2. The monoisotopic (exact) mass is 208 g/mol. The van der Waals surface area contributed by atoms with Gasteiger partial charge in [-0.15, -0.1) is 0 Å². The molecule has 0 bridgehead atoms. The van der Waals surface area contributed by atoms with Crippen LogP contribution in [-0.2, 0) is 0 Å². The maximum Gasteiger partial charge on any atom is 0.270 e. The lowest BCUT2D eigenvalue weighted by molar-refractivity contribution is 0.924. The third-order valence-corrected chi connectivity index (χ3v) is 1.64. The molecule has 0 radical (unpaired) electrons. The quantitative estimate of drug-likeness (QED) is 0.674. The van der Waals surface area contributed by atoms with E-state index in [0.717, 1.165) is 0 Å². The van der Waals surface area contributed by atoms with Crippen LogP contribution in [-0.4, -0.2) is 10.2 Å². The minimum Gasteiger partial charge on any atom is -0.267 e. The van der Waals surface area contributed by atoms with Crippen molar-refractivity contribution in [2.75, 3.05) is 0 Å². The van der Waals surface area contributed by atoms with Crippen LogP contribution in [0.1, 0.15) is 20.8 Å². The Morgan fingerprint density at radius 3 is 1.93 bits per heavy atom. The second kappa shape index (κ2) is 6.59. The van der Waals surface area contributed by atoms with Crippen molar-refractivity contribution >= 4 is 12.2 Å². The average molecular weight is 208 g/mol. The highest BCUT2D eigenvalue weighted by Gasteiger charge is 1.93. The van der Waals surface area contributed by atoms with E-state index in [4.69, 9.17) is 0 Å². The predicted octanol–water partition coefficient (Wildman–Crippen LogP) is -0.144. The molecule has 0 fully saturated rings. The third-order valence-electron chi connectivity index (χ3n) is 1.64. The molecule has 4 heteroatoms. The van der Waals surface area contributed by atoms with E-state index < -0.39 is 0 Å². The lowest BCUT2D eigenvalue weighted by Crippen LogP contribution is -2.50. The largest absolute Gasteiger partial charge is 0.270 e. The van der Waals surface area contributed by atoms with Crippen LogP contribution in [0.2, 0.25) is 0 Å². The van der Waals surface area contributed by atoms with Crippen molar-refractivity contribution in [3.05, 3.63) is 43.8 Å². The maximum absolute atomic E-state index is 11.2. The molecule has 0 aliphatic heterocycles. The van der Waals surface area contributed by atoms with Gasteiger partial charge in [0.15, 0.2) is 0 Å². The van der Waals surface area contributed by atoms with Gasteiger partial charge in [-0.25, -0.2) is 0 Å². The van der Waals surface area contributed by atoms with Gasteiger partial charge >= 0.3 is 0 Å². The smallest absolute Gasteiger partial charge is 0.267 e. The van der Waals surface area contributed by atoms with Crippen LogP contribution < -0.4 is 21.6 Å². The lowest BCUT2D eigenvalue weighted by atomic mass is 10.3. The number of aromatic nitrogens is 2. The van der Waals surface area contributed by atoms with Crippen LogP contribution in [0.3, 0.4) is 0 Å². The van der Waals surface area contributed by atoms with E-state index >= 15 is 0 Å². The molecule has 2 N–H and O–H groups in total.